The van der Waals surface area contributed by atoms with Crippen LogP contribution in [-0.2, 0) is 9.59 Å². The van der Waals surface area contributed by atoms with Crippen LogP contribution in [0.25, 0.3) is 11.8 Å². The van der Waals surface area contributed by atoms with Crippen LogP contribution in [0.2, 0.25) is 0 Å². The van der Waals surface area contributed by atoms with E-state index in [1.165, 1.54) is 13.2 Å². The first-order valence-electron chi connectivity index (χ1n) is 9.80. The minimum Gasteiger partial charge on any atom is -0.497 e. The number of aryl methyl sites for hydroxylation is 1. The summed E-state index contributed by atoms with van der Waals surface area (Å²) in [6.45, 7) is 3.89. The second kappa shape index (κ2) is 8.62. The van der Waals surface area contributed by atoms with Gasteiger partial charge in [0.25, 0.3) is 11.8 Å². The third-order valence-corrected chi connectivity index (χ3v) is 6.01. The number of ether oxygens (including phenoxy) is 1. The van der Waals surface area contributed by atoms with Gasteiger partial charge in [0, 0.05) is 20.6 Å². The number of benzene rings is 2. The molecule has 0 radical (unpaired) electrons. The van der Waals surface area contributed by atoms with Gasteiger partial charge in [0.15, 0.2) is 0 Å². The molecule has 8 heteroatoms. The minimum atomic E-state index is -0.785. The fourth-order valence-electron chi connectivity index (χ4n) is 3.70. The van der Waals surface area contributed by atoms with E-state index in [-0.39, 0.29) is 5.57 Å². The largest absolute Gasteiger partial charge is 0.497 e. The molecule has 0 bridgehead atoms. The van der Waals surface area contributed by atoms with Crippen LogP contribution in [-0.4, -0.2) is 29.5 Å². The number of nitrogens with zero attached hydrogens (tertiary/aromatic N) is 2. The third-order valence-electron chi connectivity index (χ3n) is 5.29. The van der Waals surface area contributed by atoms with E-state index in [9.17, 15) is 14.4 Å². The number of nitrogens with one attached hydrogen (secondary N) is 1. The van der Waals surface area contributed by atoms with Crippen LogP contribution in [0.3, 0.4) is 0 Å². The van der Waals surface area contributed by atoms with Crippen molar-refractivity contribution in [2.45, 2.75) is 13.8 Å². The Bertz CT molecular complexity index is 1260. The maximum absolute atomic E-state index is 13.2. The highest BCUT2D eigenvalue weighted by molar-refractivity contribution is 14.1. The van der Waals surface area contributed by atoms with Gasteiger partial charge in [0.2, 0.25) is 0 Å². The molecule has 1 aliphatic rings. The lowest BCUT2D eigenvalue weighted by molar-refractivity contribution is -0.122. The van der Waals surface area contributed by atoms with Gasteiger partial charge >= 0.3 is 6.03 Å². The van der Waals surface area contributed by atoms with Gasteiger partial charge < -0.3 is 9.30 Å². The molecule has 1 N–H and O–H groups in total. The van der Waals surface area contributed by atoms with E-state index in [1.807, 2.05) is 44.2 Å². The van der Waals surface area contributed by atoms with Gasteiger partial charge in [-0.25, -0.2) is 9.69 Å². The second-order valence-electron chi connectivity index (χ2n) is 7.29. The van der Waals surface area contributed by atoms with Crippen LogP contribution >= 0.6 is 22.6 Å². The first-order chi connectivity index (χ1) is 15.3. The van der Waals surface area contributed by atoms with E-state index in [2.05, 4.69) is 32.5 Å². The number of hydrogen-bond acceptors (Lipinski definition) is 4. The van der Waals surface area contributed by atoms with Crippen molar-refractivity contribution < 1.29 is 19.1 Å². The van der Waals surface area contributed by atoms with Crippen LogP contribution in [0, 0.1) is 17.4 Å². The van der Waals surface area contributed by atoms with Crippen LogP contribution in [0.1, 0.15) is 17.0 Å². The Morgan fingerprint density at radius 2 is 1.56 bits per heavy atom. The molecule has 1 fully saturated rings. The molecule has 4 amide bonds. The van der Waals surface area contributed by atoms with Crippen LogP contribution in [0.15, 0.2) is 60.2 Å². The lowest BCUT2D eigenvalue weighted by Gasteiger charge is -2.26. The molecule has 3 aromatic rings. The average molecular weight is 541 g/mol. The van der Waals surface area contributed by atoms with Gasteiger partial charge in [-0.3, -0.25) is 14.9 Å². The van der Waals surface area contributed by atoms with Crippen molar-refractivity contribution in [2.75, 3.05) is 12.0 Å². The number of rotatable bonds is 4. The van der Waals surface area contributed by atoms with Crippen molar-refractivity contribution in [3.63, 3.8) is 0 Å². The molecule has 1 aliphatic heterocycles. The highest BCUT2D eigenvalue weighted by Gasteiger charge is 2.37. The Labute approximate surface area is 198 Å². The summed E-state index contributed by atoms with van der Waals surface area (Å²) in [7, 11) is 1.53. The molecule has 0 unspecified atom stereocenters. The van der Waals surface area contributed by atoms with E-state index < -0.39 is 17.8 Å². The van der Waals surface area contributed by atoms with E-state index in [1.54, 1.807) is 24.3 Å². The number of halogens is 1. The highest BCUT2D eigenvalue weighted by Crippen LogP contribution is 2.27. The second-order valence-corrected chi connectivity index (χ2v) is 8.54. The number of barbiturate groups is 1. The van der Waals surface area contributed by atoms with Crippen molar-refractivity contribution in [1.82, 2.24) is 9.88 Å². The van der Waals surface area contributed by atoms with Crippen molar-refractivity contribution >= 4 is 52.2 Å². The van der Waals surface area contributed by atoms with Gasteiger partial charge in [0.05, 0.1) is 12.8 Å². The fraction of sp³-hybridized carbons (Fsp3) is 0.125. The molecule has 162 valence electrons. The number of methoxy groups -OCH3 is 1. The van der Waals surface area contributed by atoms with Gasteiger partial charge in [-0.1, -0.05) is 0 Å². The number of aromatic nitrogens is 1. The number of urea groups is 1. The van der Waals surface area contributed by atoms with Gasteiger partial charge in [-0.05, 0) is 103 Å². The molecule has 7 nitrogen and oxygen atoms in total. The van der Waals surface area contributed by atoms with E-state index in [4.69, 9.17) is 4.74 Å². The quantitative estimate of drug-likeness (QED) is 0.302. The lowest BCUT2D eigenvalue weighted by Crippen LogP contribution is -2.54. The maximum Gasteiger partial charge on any atom is 0.335 e. The summed E-state index contributed by atoms with van der Waals surface area (Å²) in [5, 5.41) is 2.26. The van der Waals surface area contributed by atoms with Gasteiger partial charge in [-0.2, -0.15) is 0 Å². The number of carbonyl (C=O) groups excluding carboxylic acids is 3. The summed E-state index contributed by atoms with van der Waals surface area (Å²) in [5.74, 6) is -0.805. The Hall–Kier alpha value is -3.40. The first kappa shape index (κ1) is 21.8. The molecular formula is C24H20IN3O4. The molecule has 0 saturated carbocycles. The Morgan fingerprint density at radius 3 is 2.19 bits per heavy atom. The topological polar surface area (TPSA) is 80.6 Å². The number of hydrogen-bond donors (Lipinski definition) is 1. The monoisotopic (exact) mass is 541 g/mol. The first-order valence-corrected chi connectivity index (χ1v) is 10.9. The van der Waals surface area contributed by atoms with Crippen LogP contribution in [0.5, 0.6) is 5.75 Å². The molecule has 0 aliphatic carbocycles. The zero-order valence-electron chi connectivity index (χ0n) is 17.7. The molecular weight excluding hydrogens is 521 g/mol. The Kier molecular flexibility index (Phi) is 5.88. The number of imide groups is 2. The normalized spacial score (nSPS) is 15.3. The van der Waals surface area contributed by atoms with Crippen molar-refractivity contribution in [1.29, 1.82) is 0 Å². The molecule has 0 atom stereocenters. The van der Waals surface area contributed by atoms with E-state index >= 15 is 0 Å². The molecule has 0 spiro atoms. The zero-order chi connectivity index (χ0) is 23.0. The summed E-state index contributed by atoms with van der Waals surface area (Å²) >= 11 is 2.25. The Morgan fingerprint density at radius 1 is 0.938 bits per heavy atom. The van der Waals surface area contributed by atoms with Crippen molar-refractivity contribution in [3.05, 3.63) is 80.7 Å². The lowest BCUT2D eigenvalue weighted by atomic mass is 10.1. The molecule has 1 saturated heterocycles. The number of carbonyl (C=O) groups is 3. The fourth-order valence-corrected chi connectivity index (χ4v) is 4.06. The summed E-state index contributed by atoms with van der Waals surface area (Å²) in [5.41, 5.74) is 3.79. The molecule has 2 aromatic carbocycles. The van der Waals surface area contributed by atoms with Crippen LogP contribution < -0.4 is 15.0 Å². The van der Waals surface area contributed by atoms with Crippen molar-refractivity contribution in [2.24, 2.45) is 0 Å². The van der Waals surface area contributed by atoms with Crippen molar-refractivity contribution in [3.8, 4) is 11.4 Å². The summed E-state index contributed by atoms with van der Waals surface area (Å²) in [6.07, 6.45) is 1.53. The smallest absolute Gasteiger partial charge is 0.335 e. The number of anilines is 1. The summed E-state index contributed by atoms with van der Waals surface area (Å²) < 4.78 is 8.31. The standard InChI is InChI=1S/C24H20IN3O4/c1-14-12-16(15(2)27(14)18-6-4-17(25)5-7-18)13-21-22(29)26-24(31)28(23(21)30)19-8-10-20(32-3)11-9-19/h4-13H,1-3H3,(H,26,29,31)/b21-13-. The predicted octanol–water partition coefficient (Wildman–Crippen LogP) is 4.37. The minimum absolute atomic E-state index is 0.108. The molecule has 32 heavy (non-hydrogen) atoms. The summed E-state index contributed by atoms with van der Waals surface area (Å²) in [6, 6.07) is 15.7. The third kappa shape index (κ3) is 3.93. The van der Waals surface area contributed by atoms with E-state index in [0.717, 1.165) is 31.1 Å². The van der Waals surface area contributed by atoms with E-state index in [0.29, 0.717) is 11.4 Å². The van der Waals surface area contributed by atoms with Crippen LogP contribution in [0.4, 0.5) is 10.5 Å². The average Bonchev–Trinajstić information content (AvgIpc) is 3.05. The molecule has 1 aromatic heterocycles. The SMILES string of the molecule is COc1ccc(N2C(=O)NC(=O)/C(=C/c3cc(C)n(-c4ccc(I)cc4)c3C)C2=O)cc1. The van der Waals surface area contributed by atoms with Gasteiger partial charge in [0.1, 0.15) is 11.3 Å². The summed E-state index contributed by atoms with van der Waals surface area (Å²) in [4.78, 5) is 39.1. The molecule has 4 rings (SSSR count). The molecule has 2 heterocycles. The Balaban J connectivity index is 1.73. The zero-order valence-corrected chi connectivity index (χ0v) is 19.8. The van der Waals surface area contributed by atoms with Gasteiger partial charge in [-0.15, -0.1) is 0 Å². The maximum atomic E-state index is 13.2. The highest BCUT2D eigenvalue weighted by atomic mass is 127. The number of amides is 4. The predicted molar refractivity (Wildman–Crippen MR) is 130 cm³/mol.